The monoisotopic (exact) mass is 272 g/mol. The lowest BCUT2D eigenvalue weighted by Gasteiger charge is -2.08. The van der Waals surface area contributed by atoms with E-state index in [0.29, 0.717) is 18.3 Å². The van der Waals surface area contributed by atoms with Crippen LogP contribution in [0.2, 0.25) is 0 Å². The first-order chi connectivity index (χ1) is 9.61. The normalized spacial score (nSPS) is 13.9. The maximum atomic E-state index is 11.6. The molecule has 0 spiro atoms. The summed E-state index contributed by atoms with van der Waals surface area (Å²) in [4.78, 5) is 11.6. The topological polar surface area (TPSA) is 26.3 Å². The van der Waals surface area contributed by atoms with Crippen LogP contribution in [0.5, 0.6) is 0 Å². The highest BCUT2D eigenvalue weighted by atomic mass is 16.5. The predicted molar refractivity (Wildman–Crippen MR) is 83.1 cm³/mol. The Labute approximate surface area is 122 Å². The molecule has 2 nitrogen and oxygen atoms in total. The van der Waals surface area contributed by atoms with Crippen LogP contribution in [0.25, 0.3) is 0 Å². The van der Waals surface area contributed by atoms with E-state index in [9.17, 15) is 4.79 Å². The standard InChI is InChI=1S/C18H24O2/c1-4-15(2)10-11-16(3)12-13-20-18(19)14-17-8-6-5-7-9-17/h4-9,12-13,15-16H,1,10-11,14H2,2-3H3/b13-12+. The summed E-state index contributed by atoms with van der Waals surface area (Å²) in [5, 5.41) is 0. The average Bonchev–Trinajstić information content (AvgIpc) is 2.45. The molecule has 0 saturated carbocycles. The molecule has 0 aromatic heterocycles. The summed E-state index contributed by atoms with van der Waals surface area (Å²) in [5.41, 5.74) is 0.971. The molecular formula is C18H24O2. The third-order valence-electron chi connectivity index (χ3n) is 3.28. The van der Waals surface area contributed by atoms with Crippen molar-refractivity contribution < 1.29 is 9.53 Å². The first-order valence-electron chi connectivity index (χ1n) is 7.14. The molecule has 1 rings (SSSR count). The Morgan fingerprint density at radius 1 is 1.20 bits per heavy atom. The molecule has 20 heavy (non-hydrogen) atoms. The van der Waals surface area contributed by atoms with Crippen molar-refractivity contribution in [1.29, 1.82) is 0 Å². The summed E-state index contributed by atoms with van der Waals surface area (Å²) >= 11 is 0. The van der Waals surface area contributed by atoms with Gasteiger partial charge in [0, 0.05) is 0 Å². The van der Waals surface area contributed by atoms with Crippen molar-refractivity contribution in [3.8, 4) is 0 Å². The molecule has 0 N–H and O–H groups in total. The molecule has 108 valence electrons. The second-order valence-corrected chi connectivity index (χ2v) is 5.25. The van der Waals surface area contributed by atoms with Crippen LogP contribution in [-0.4, -0.2) is 5.97 Å². The van der Waals surface area contributed by atoms with Crippen LogP contribution in [0, 0.1) is 11.8 Å². The van der Waals surface area contributed by atoms with Crippen LogP contribution in [0.3, 0.4) is 0 Å². The Hall–Kier alpha value is -1.83. The molecule has 0 fully saturated rings. The van der Waals surface area contributed by atoms with E-state index in [-0.39, 0.29) is 5.97 Å². The number of hydrogen-bond acceptors (Lipinski definition) is 2. The quantitative estimate of drug-likeness (QED) is 0.395. The molecule has 0 aliphatic rings. The number of carbonyl (C=O) groups excluding carboxylic acids is 1. The predicted octanol–water partition coefficient (Wildman–Crippen LogP) is 4.52. The fourth-order valence-electron chi connectivity index (χ4n) is 1.79. The van der Waals surface area contributed by atoms with Gasteiger partial charge in [-0.15, -0.1) is 6.58 Å². The Morgan fingerprint density at radius 3 is 2.50 bits per heavy atom. The molecule has 0 bridgehead atoms. The zero-order valence-electron chi connectivity index (χ0n) is 12.4. The van der Waals surface area contributed by atoms with Crippen LogP contribution < -0.4 is 0 Å². The van der Waals surface area contributed by atoms with E-state index < -0.39 is 0 Å². The molecule has 0 aliphatic carbocycles. The van der Waals surface area contributed by atoms with Crippen LogP contribution in [-0.2, 0) is 16.0 Å². The SMILES string of the molecule is C=CC(C)CCC(C)/C=C/OC(=O)Cc1ccccc1. The summed E-state index contributed by atoms with van der Waals surface area (Å²) < 4.78 is 5.11. The molecule has 1 aromatic carbocycles. The Balaban J connectivity index is 2.26. The van der Waals surface area contributed by atoms with Gasteiger partial charge in [-0.2, -0.15) is 0 Å². The minimum absolute atomic E-state index is 0.223. The van der Waals surface area contributed by atoms with E-state index in [1.165, 1.54) is 6.26 Å². The largest absolute Gasteiger partial charge is 0.435 e. The number of rotatable bonds is 8. The molecule has 1 aromatic rings. The summed E-state index contributed by atoms with van der Waals surface area (Å²) in [6.45, 7) is 8.05. The Morgan fingerprint density at radius 2 is 1.85 bits per heavy atom. The number of benzene rings is 1. The zero-order valence-corrected chi connectivity index (χ0v) is 12.4. The van der Waals surface area contributed by atoms with Gasteiger partial charge in [0.1, 0.15) is 0 Å². The molecule has 0 aliphatic heterocycles. The molecule has 0 saturated heterocycles. The smallest absolute Gasteiger partial charge is 0.315 e. The van der Waals surface area contributed by atoms with Gasteiger partial charge in [0.25, 0.3) is 0 Å². The van der Waals surface area contributed by atoms with Gasteiger partial charge in [-0.25, -0.2) is 0 Å². The number of ether oxygens (including phenoxy) is 1. The van der Waals surface area contributed by atoms with E-state index in [2.05, 4.69) is 20.4 Å². The van der Waals surface area contributed by atoms with Gasteiger partial charge in [0.15, 0.2) is 0 Å². The molecule has 2 unspecified atom stereocenters. The lowest BCUT2D eigenvalue weighted by Crippen LogP contribution is -2.04. The van der Waals surface area contributed by atoms with E-state index in [1.54, 1.807) is 0 Å². The van der Waals surface area contributed by atoms with Gasteiger partial charge in [0.2, 0.25) is 0 Å². The molecule has 2 atom stereocenters. The van der Waals surface area contributed by atoms with Crippen molar-refractivity contribution in [2.45, 2.75) is 33.1 Å². The highest BCUT2D eigenvalue weighted by Gasteiger charge is 2.04. The van der Waals surface area contributed by atoms with Gasteiger partial charge in [0.05, 0.1) is 12.7 Å². The van der Waals surface area contributed by atoms with Crippen molar-refractivity contribution in [2.24, 2.45) is 11.8 Å². The zero-order chi connectivity index (χ0) is 14.8. The van der Waals surface area contributed by atoms with Crippen LogP contribution in [0.15, 0.2) is 55.3 Å². The van der Waals surface area contributed by atoms with Crippen LogP contribution in [0.4, 0.5) is 0 Å². The Kier molecular flexibility index (Phi) is 7.41. The number of allylic oxidation sites excluding steroid dienone is 2. The third-order valence-corrected chi connectivity index (χ3v) is 3.28. The lowest BCUT2D eigenvalue weighted by atomic mass is 9.98. The van der Waals surface area contributed by atoms with E-state index in [4.69, 9.17) is 4.74 Å². The summed E-state index contributed by atoms with van der Waals surface area (Å²) in [6, 6.07) is 9.61. The lowest BCUT2D eigenvalue weighted by molar-refractivity contribution is -0.137. The maximum absolute atomic E-state index is 11.6. The van der Waals surface area contributed by atoms with Crippen molar-refractivity contribution in [3.63, 3.8) is 0 Å². The van der Waals surface area contributed by atoms with Crippen molar-refractivity contribution in [3.05, 3.63) is 60.9 Å². The van der Waals surface area contributed by atoms with Gasteiger partial charge in [-0.1, -0.05) is 50.3 Å². The van der Waals surface area contributed by atoms with E-state index in [1.807, 2.05) is 42.5 Å². The second-order valence-electron chi connectivity index (χ2n) is 5.25. The van der Waals surface area contributed by atoms with Crippen molar-refractivity contribution >= 4 is 5.97 Å². The average molecular weight is 272 g/mol. The first kappa shape index (κ1) is 16.2. The Bertz CT molecular complexity index is 434. The fraction of sp³-hybridized carbons (Fsp3) is 0.389. The molecule has 2 heteroatoms. The minimum Gasteiger partial charge on any atom is -0.435 e. The van der Waals surface area contributed by atoms with E-state index >= 15 is 0 Å². The van der Waals surface area contributed by atoms with Gasteiger partial charge in [-0.3, -0.25) is 4.79 Å². The maximum Gasteiger partial charge on any atom is 0.315 e. The molecular weight excluding hydrogens is 248 g/mol. The highest BCUT2D eigenvalue weighted by Crippen LogP contribution is 2.14. The number of carbonyl (C=O) groups is 1. The second kappa shape index (κ2) is 9.13. The number of esters is 1. The van der Waals surface area contributed by atoms with Crippen LogP contribution >= 0.6 is 0 Å². The highest BCUT2D eigenvalue weighted by molar-refractivity contribution is 5.73. The van der Waals surface area contributed by atoms with Gasteiger partial charge < -0.3 is 4.74 Å². The summed E-state index contributed by atoms with van der Waals surface area (Å²) in [5.74, 6) is 0.715. The van der Waals surface area contributed by atoms with E-state index in [0.717, 1.165) is 18.4 Å². The first-order valence-corrected chi connectivity index (χ1v) is 7.14. The fourth-order valence-corrected chi connectivity index (χ4v) is 1.79. The number of hydrogen-bond donors (Lipinski definition) is 0. The molecule has 0 amide bonds. The van der Waals surface area contributed by atoms with Crippen LogP contribution in [0.1, 0.15) is 32.3 Å². The minimum atomic E-state index is -0.223. The van der Waals surface area contributed by atoms with Gasteiger partial charge >= 0.3 is 5.97 Å². The summed E-state index contributed by atoms with van der Waals surface area (Å²) in [6.07, 6.45) is 7.92. The molecule has 0 heterocycles. The van der Waals surface area contributed by atoms with Crippen molar-refractivity contribution in [1.82, 2.24) is 0 Å². The van der Waals surface area contributed by atoms with Crippen molar-refractivity contribution in [2.75, 3.05) is 0 Å². The van der Waals surface area contributed by atoms with Gasteiger partial charge in [-0.05, 0) is 36.3 Å². The summed E-state index contributed by atoms with van der Waals surface area (Å²) in [7, 11) is 0. The molecule has 0 radical (unpaired) electrons. The third kappa shape index (κ3) is 6.93.